The Bertz CT molecular complexity index is 410. The lowest BCUT2D eigenvalue weighted by molar-refractivity contribution is -0.138. The molecule has 1 aromatic carbocycles. The first kappa shape index (κ1) is 13.8. The second-order valence-electron chi connectivity index (χ2n) is 4.91. The molecule has 0 bridgehead atoms. The Labute approximate surface area is 117 Å². The number of hydrogen-bond donors (Lipinski definition) is 1. The molecule has 2 nitrogen and oxygen atoms in total. The zero-order valence-electron chi connectivity index (χ0n) is 10.5. The summed E-state index contributed by atoms with van der Waals surface area (Å²) in [5.74, 6) is 1.30. The summed E-state index contributed by atoms with van der Waals surface area (Å²) in [5.41, 5.74) is 1.43. The van der Waals surface area contributed by atoms with E-state index in [2.05, 4.69) is 30.5 Å². The summed E-state index contributed by atoms with van der Waals surface area (Å²) in [5, 5.41) is 8.85. The number of aliphatic carboxylic acids is 1. The SMILES string of the molecule is CSc1ccc(CSCC2(CC(=O)O)CC2)cc1. The molecule has 0 amide bonds. The van der Waals surface area contributed by atoms with Crippen molar-refractivity contribution in [3.05, 3.63) is 29.8 Å². The second kappa shape index (κ2) is 6.02. The second-order valence-corrected chi connectivity index (χ2v) is 6.78. The van der Waals surface area contributed by atoms with Crippen LogP contribution < -0.4 is 0 Å². The maximum atomic E-state index is 10.7. The summed E-state index contributed by atoms with van der Waals surface area (Å²) in [4.78, 5) is 12.0. The van der Waals surface area contributed by atoms with E-state index >= 15 is 0 Å². The molecule has 1 fully saturated rings. The van der Waals surface area contributed by atoms with Crippen LogP contribution >= 0.6 is 23.5 Å². The van der Waals surface area contributed by atoms with E-state index in [0.717, 1.165) is 24.3 Å². The quantitative estimate of drug-likeness (QED) is 0.770. The van der Waals surface area contributed by atoms with Gasteiger partial charge in [0.2, 0.25) is 0 Å². The Morgan fingerprint density at radius 3 is 2.50 bits per heavy atom. The van der Waals surface area contributed by atoms with Gasteiger partial charge in [-0.2, -0.15) is 11.8 Å². The van der Waals surface area contributed by atoms with Crippen LogP contribution in [0.5, 0.6) is 0 Å². The molecular weight excluding hydrogens is 264 g/mol. The third-order valence-electron chi connectivity index (χ3n) is 3.32. The van der Waals surface area contributed by atoms with Gasteiger partial charge in [0.15, 0.2) is 0 Å². The van der Waals surface area contributed by atoms with Crippen LogP contribution in [0.3, 0.4) is 0 Å². The smallest absolute Gasteiger partial charge is 0.303 e. The summed E-state index contributed by atoms with van der Waals surface area (Å²) in [6, 6.07) is 8.61. The molecule has 0 atom stereocenters. The largest absolute Gasteiger partial charge is 0.481 e. The van der Waals surface area contributed by atoms with Crippen LogP contribution in [-0.4, -0.2) is 23.1 Å². The van der Waals surface area contributed by atoms with E-state index in [0.29, 0.717) is 6.42 Å². The minimum absolute atomic E-state index is 0.107. The normalized spacial score (nSPS) is 16.5. The van der Waals surface area contributed by atoms with Gasteiger partial charge in [-0.25, -0.2) is 0 Å². The average molecular weight is 282 g/mol. The fraction of sp³-hybridized carbons (Fsp3) is 0.500. The summed E-state index contributed by atoms with van der Waals surface area (Å²) in [6.45, 7) is 0. The fourth-order valence-corrected chi connectivity index (χ4v) is 3.74. The maximum absolute atomic E-state index is 10.7. The maximum Gasteiger partial charge on any atom is 0.303 e. The van der Waals surface area contributed by atoms with Gasteiger partial charge in [0.1, 0.15) is 0 Å². The van der Waals surface area contributed by atoms with Crippen molar-refractivity contribution in [2.45, 2.75) is 29.9 Å². The van der Waals surface area contributed by atoms with Crippen LogP contribution in [0.25, 0.3) is 0 Å². The summed E-state index contributed by atoms with van der Waals surface area (Å²) in [7, 11) is 0. The van der Waals surface area contributed by atoms with Crippen LogP contribution in [0.4, 0.5) is 0 Å². The molecular formula is C14H18O2S2. The molecule has 0 saturated heterocycles. The van der Waals surface area contributed by atoms with Crippen molar-refractivity contribution < 1.29 is 9.90 Å². The predicted octanol–water partition coefficient (Wildman–Crippen LogP) is 3.90. The third kappa shape index (κ3) is 3.95. The van der Waals surface area contributed by atoms with E-state index in [1.165, 1.54) is 10.5 Å². The molecule has 0 heterocycles. The van der Waals surface area contributed by atoms with E-state index in [1.54, 1.807) is 11.8 Å². The molecule has 0 radical (unpaired) electrons. The number of carbonyl (C=O) groups is 1. The molecule has 0 aliphatic heterocycles. The molecule has 1 N–H and O–H groups in total. The molecule has 0 unspecified atom stereocenters. The summed E-state index contributed by atoms with van der Waals surface area (Å²) >= 11 is 3.61. The molecule has 1 saturated carbocycles. The van der Waals surface area contributed by atoms with Gasteiger partial charge in [0, 0.05) is 10.6 Å². The van der Waals surface area contributed by atoms with E-state index < -0.39 is 5.97 Å². The molecule has 18 heavy (non-hydrogen) atoms. The fourth-order valence-electron chi connectivity index (χ4n) is 1.98. The van der Waals surface area contributed by atoms with Crippen molar-refractivity contribution in [1.82, 2.24) is 0 Å². The number of hydrogen-bond acceptors (Lipinski definition) is 3. The van der Waals surface area contributed by atoms with Crippen molar-refractivity contribution in [3.8, 4) is 0 Å². The number of thioether (sulfide) groups is 2. The first-order valence-electron chi connectivity index (χ1n) is 6.06. The van der Waals surface area contributed by atoms with Crippen LogP contribution in [0.1, 0.15) is 24.8 Å². The highest BCUT2D eigenvalue weighted by molar-refractivity contribution is 7.98. The Hall–Kier alpha value is -0.610. The summed E-state index contributed by atoms with van der Waals surface area (Å²) < 4.78 is 0. The van der Waals surface area contributed by atoms with Gasteiger partial charge in [-0.1, -0.05) is 12.1 Å². The van der Waals surface area contributed by atoms with Crippen molar-refractivity contribution >= 4 is 29.5 Å². The van der Waals surface area contributed by atoms with E-state index in [1.807, 2.05) is 11.8 Å². The lowest BCUT2D eigenvalue weighted by atomic mass is 10.1. The van der Waals surface area contributed by atoms with E-state index in [-0.39, 0.29) is 5.41 Å². The highest BCUT2D eigenvalue weighted by atomic mass is 32.2. The van der Waals surface area contributed by atoms with Gasteiger partial charge in [-0.05, 0) is 48.0 Å². The number of carboxylic acid groups (broad SMARTS) is 1. The minimum atomic E-state index is -0.655. The Morgan fingerprint density at radius 2 is 2.00 bits per heavy atom. The Balaban J connectivity index is 1.76. The van der Waals surface area contributed by atoms with Crippen molar-refractivity contribution in [2.24, 2.45) is 5.41 Å². The molecule has 1 aliphatic carbocycles. The van der Waals surface area contributed by atoms with Crippen molar-refractivity contribution in [1.29, 1.82) is 0 Å². The van der Waals surface area contributed by atoms with Gasteiger partial charge in [-0.15, -0.1) is 11.8 Å². The van der Waals surface area contributed by atoms with Crippen LogP contribution in [0, 0.1) is 5.41 Å². The van der Waals surface area contributed by atoms with Gasteiger partial charge in [0.05, 0.1) is 6.42 Å². The lowest BCUT2D eigenvalue weighted by Crippen LogP contribution is -2.11. The molecule has 1 aromatic rings. The highest BCUT2D eigenvalue weighted by Crippen LogP contribution is 2.51. The molecule has 0 spiro atoms. The Kier molecular flexibility index (Phi) is 4.62. The predicted molar refractivity (Wildman–Crippen MR) is 78.3 cm³/mol. The van der Waals surface area contributed by atoms with Crippen molar-refractivity contribution in [2.75, 3.05) is 12.0 Å². The zero-order valence-corrected chi connectivity index (χ0v) is 12.1. The van der Waals surface area contributed by atoms with E-state index in [9.17, 15) is 4.79 Å². The summed E-state index contributed by atoms with van der Waals surface area (Å²) in [6.07, 6.45) is 4.58. The van der Waals surface area contributed by atoms with Gasteiger partial charge >= 0.3 is 5.97 Å². The van der Waals surface area contributed by atoms with Gasteiger partial charge in [0.25, 0.3) is 0 Å². The van der Waals surface area contributed by atoms with Crippen LogP contribution in [0.2, 0.25) is 0 Å². The molecule has 98 valence electrons. The van der Waals surface area contributed by atoms with Gasteiger partial charge in [-0.3, -0.25) is 4.79 Å². The molecule has 2 rings (SSSR count). The molecule has 4 heteroatoms. The van der Waals surface area contributed by atoms with Crippen molar-refractivity contribution in [3.63, 3.8) is 0 Å². The monoisotopic (exact) mass is 282 g/mol. The number of rotatable bonds is 7. The molecule has 1 aliphatic rings. The zero-order chi connectivity index (χ0) is 13.0. The standard InChI is InChI=1S/C14H18O2S2/c1-17-12-4-2-11(3-5-12)9-18-10-14(6-7-14)8-13(15)16/h2-5H,6-10H2,1H3,(H,15,16). The number of benzene rings is 1. The minimum Gasteiger partial charge on any atom is -0.481 e. The Morgan fingerprint density at radius 1 is 1.33 bits per heavy atom. The first-order chi connectivity index (χ1) is 8.63. The lowest BCUT2D eigenvalue weighted by Gasteiger charge is -2.11. The topological polar surface area (TPSA) is 37.3 Å². The average Bonchev–Trinajstić information content (AvgIpc) is 3.09. The van der Waals surface area contributed by atoms with Gasteiger partial charge < -0.3 is 5.11 Å². The molecule has 0 aromatic heterocycles. The first-order valence-corrected chi connectivity index (χ1v) is 8.44. The van der Waals surface area contributed by atoms with Crippen LogP contribution in [0.15, 0.2) is 29.2 Å². The highest BCUT2D eigenvalue weighted by Gasteiger charge is 2.43. The third-order valence-corrected chi connectivity index (χ3v) is 5.42. The van der Waals surface area contributed by atoms with Crippen LogP contribution in [-0.2, 0) is 10.5 Å². The van der Waals surface area contributed by atoms with E-state index in [4.69, 9.17) is 5.11 Å². The number of carboxylic acids is 1.